The molecule has 0 aromatic heterocycles. The summed E-state index contributed by atoms with van der Waals surface area (Å²) in [5.41, 5.74) is 12.9. The van der Waals surface area contributed by atoms with E-state index in [2.05, 4.69) is 227 Å². The van der Waals surface area contributed by atoms with Crippen molar-refractivity contribution in [3.05, 3.63) is 142 Å². The SMILES string of the molecule is C[Si](C)(C)C(c1cc(C([Si](C)(C)C)[Si](C)(C)C)c([Si]23C=Cc4ccccc4C2C(c2ccccc2)(c2ccccc2)O3)c(C([Si](C)(C)C)[Si](C)(C)C)c1)[Si](C)(C)C. The van der Waals surface area contributed by atoms with Crippen LogP contribution >= 0.6 is 0 Å². The van der Waals surface area contributed by atoms with Gasteiger partial charge in [0.25, 0.3) is 8.32 Å². The Bertz CT molecular complexity index is 1970. The van der Waals surface area contributed by atoms with Crippen molar-refractivity contribution in [2.45, 2.75) is 144 Å². The van der Waals surface area contributed by atoms with Gasteiger partial charge in [0.05, 0.1) is 0 Å². The molecule has 0 saturated carbocycles. The standard InChI is InChI=1S/C49H76OSi7/c1-51(2,3)46(52(4,5)6)38-35-42(47(53(7,8)9)54(10,11)12)44(43(36-38)48(55(13,14)15)56(16,17)18)57-34-33-37-27-25-26-32-41(37)45(57)49(50-57,39-28-21-19-22-29-39)40-30-23-20-24-31-40/h19-36,45-48H,1-18H3. The average Bonchev–Trinajstić information content (AvgIpc) is 3.02. The van der Waals surface area contributed by atoms with Crippen molar-refractivity contribution < 1.29 is 4.43 Å². The topological polar surface area (TPSA) is 9.23 Å². The molecular formula is C49H76OSi7. The minimum atomic E-state index is -2.94. The molecule has 0 spiro atoms. The number of rotatable bonds is 12. The minimum Gasteiger partial charge on any atom is -0.394 e. The molecule has 0 aliphatic carbocycles. The molecule has 2 atom stereocenters. The van der Waals surface area contributed by atoms with Crippen molar-refractivity contribution >= 4 is 68.0 Å². The van der Waals surface area contributed by atoms with Crippen molar-refractivity contribution in [3.63, 3.8) is 0 Å². The Morgan fingerprint density at radius 3 is 1.23 bits per heavy atom. The first-order valence-electron chi connectivity index (χ1n) is 21.8. The van der Waals surface area contributed by atoms with Gasteiger partial charge in [-0.2, -0.15) is 0 Å². The molecule has 2 aliphatic heterocycles. The molecule has 2 aliphatic rings. The quantitative estimate of drug-likeness (QED) is 0.129. The van der Waals surface area contributed by atoms with E-state index >= 15 is 0 Å². The molecule has 4 aromatic carbocycles. The highest BCUT2D eigenvalue weighted by molar-refractivity contribution is 7.01. The zero-order chi connectivity index (χ0) is 42.4. The van der Waals surface area contributed by atoms with Crippen LogP contribution in [-0.2, 0) is 10.0 Å². The number of benzene rings is 4. The first-order valence-corrected chi connectivity index (χ1v) is 45.4. The number of fused-ring (bicyclic) bond motifs is 3. The molecule has 0 radical (unpaired) electrons. The van der Waals surface area contributed by atoms with Crippen LogP contribution in [0, 0.1) is 0 Å². The van der Waals surface area contributed by atoms with Gasteiger partial charge in [-0.1, -0.05) is 227 Å². The zero-order valence-electron chi connectivity index (χ0n) is 39.1. The van der Waals surface area contributed by atoms with Gasteiger partial charge in [-0.05, 0) is 59.6 Å². The van der Waals surface area contributed by atoms with E-state index in [1.165, 1.54) is 22.3 Å². The third-order valence-electron chi connectivity index (χ3n) is 13.2. The maximum Gasteiger partial charge on any atom is 0.261 e. The van der Waals surface area contributed by atoms with Crippen LogP contribution in [0.5, 0.6) is 0 Å². The fraction of sp³-hybridized carbons (Fsp3) is 0.469. The molecule has 4 aromatic rings. The highest BCUT2D eigenvalue weighted by Crippen LogP contribution is 2.63. The van der Waals surface area contributed by atoms with E-state index in [0.29, 0.717) is 15.5 Å². The first-order chi connectivity index (χ1) is 26.1. The van der Waals surface area contributed by atoms with Crippen molar-refractivity contribution in [1.82, 2.24) is 0 Å². The van der Waals surface area contributed by atoms with Gasteiger partial charge in [-0.25, -0.2) is 0 Å². The second-order valence-electron chi connectivity index (χ2n) is 24.3. The van der Waals surface area contributed by atoms with Crippen molar-refractivity contribution in [1.29, 1.82) is 0 Å². The summed E-state index contributed by atoms with van der Waals surface area (Å²) in [6, 6.07) is 37.8. The Morgan fingerprint density at radius 2 is 0.842 bits per heavy atom. The van der Waals surface area contributed by atoms with Gasteiger partial charge < -0.3 is 4.43 Å². The van der Waals surface area contributed by atoms with E-state index in [1.807, 2.05) is 0 Å². The van der Waals surface area contributed by atoms with Crippen LogP contribution in [0.3, 0.4) is 0 Å². The molecule has 306 valence electrons. The third-order valence-corrected chi connectivity index (χ3v) is 45.3. The molecule has 2 unspecified atom stereocenters. The Morgan fingerprint density at radius 1 is 0.474 bits per heavy atom. The smallest absolute Gasteiger partial charge is 0.261 e. The van der Waals surface area contributed by atoms with Gasteiger partial charge in [0, 0.05) is 54.0 Å². The predicted molar refractivity (Wildman–Crippen MR) is 273 cm³/mol. The van der Waals surface area contributed by atoms with Gasteiger partial charge >= 0.3 is 0 Å². The van der Waals surface area contributed by atoms with E-state index in [0.717, 1.165) is 0 Å². The molecule has 57 heavy (non-hydrogen) atoms. The van der Waals surface area contributed by atoms with E-state index < -0.39 is 62.4 Å². The lowest BCUT2D eigenvalue weighted by molar-refractivity contribution is 0.0224. The van der Waals surface area contributed by atoms with Gasteiger partial charge in [0.1, 0.15) is 5.60 Å². The molecule has 0 bridgehead atoms. The Labute approximate surface area is 356 Å². The lowest BCUT2D eigenvalue weighted by atomic mass is 9.79. The van der Waals surface area contributed by atoms with Crippen LogP contribution in [0.4, 0.5) is 0 Å². The normalized spacial score (nSPS) is 20.1. The highest BCUT2D eigenvalue weighted by Gasteiger charge is 2.71. The van der Waals surface area contributed by atoms with Crippen LogP contribution in [0.15, 0.2) is 103 Å². The van der Waals surface area contributed by atoms with E-state index in [1.54, 1.807) is 21.9 Å². The summed E-state index contributed by atoms with van der Waals surface area (Å²) in [5, 5.41) is 3.59. The fourth-order valence-corrected chi connectivity index (χ4v) is 57.0. The van der Waals surface area contributed by atoms with Gasteiger partial charge in [-0.15, -0.1) is 0 Å². The average molecular weight is 878 g/mol. The molecule has 0 N–H and O–H groups in total. The van der Waals surface area contributed by atoms with Gasteiger partial charge in [0.2, 0.25) is 0 Å². The van der Waals surface area contributed by atoms with Crippen LogP contribution in [0.1, 0.15) is 60.0 Å². The van der Waals surface area contributed by atoms with Crippen LogP contribution < -0.4 is 5.19 Å². The molecule has 1 fully saturated rings. The molecule has 1 saturated heterocycles. The van der Waals surface area contributed by atoms with E-state index in [-0.39, 0.29) is 5.54 Å². The fourth-order valence-electron chi connectivity index (χ4n) is 13.2. The summed E-state index contributed by atoms with van der Waals surface area (Å²) in [7, 11) is -13.3. The second kappa shape index (κ2) is 14.9. The summed E-state index contributed by atoms with van der Waals surface area (Å²) in [4.78, 5) is 0. The van der Waals surface area contributed by atoms with Crippen LogP contribution in [-0.4, -0.2) is 56.8 Å². The summed E-state index contributed by atoms with van der Waals surface area (Å²) in [6.45, 7) is 48.3. The molecule has 8 heteroatoms. The maximum atomic E-state index is 8.43. The van der Waals surface area contributed by atoms with Gasteiger partial charge in [0.15, 0.2) is 0 Å². The Kier molecular flexibility index (Phi) is 11.7. The second-order valence-corrected chi connectivity index (χ2v) is 61.1. The molecule has 1 nitrogen and oxygen atoms in total. The largest absolute Gasteiger partial charge is 0.394 e. The number of hydrogen-bond donors (Lipinski definition) is 0. The lowest BCUT2D eigenvalue weighted by Gasteiger charge is -2.64. The molecule has 6 rings (SSSR count). The van der Waals surface area contributed by atoms with Crippen molar-refractivity contribution in [3.8, 4) is 0 Å². The highest BCUT2D eigenvalue weighted by atomic mass is 28.4. The van der Waals surface area contributed by atoms with E-state index in [9.17, 15) is 0 Å². The molecule has 2 heterocycles. The lowest BCUT2D eigenvalue weighted by Crippen LogP contribution is -2.76. The summed E-state index contributed by atoms with van der Waals surface area (Å²) >= 11 is 0. The zero-order valence-corrected chi connectivity index (χ0v) is 46.1. The van der Waals surface area contributed by atoms with E-state index in [4.69, 9.17) is 4.43 Å². The summed E-state index contributed by atoms with van der Waals surface area (Å²) < 4.78 is 8.43. The van der Waals surface area contributed by atoms with Crippen LogP contribution in [0.25, 0.3) is 6.08 Å². The molecule has 0 amide bonds. The number of hydrogen-bond acceptors (Lipinski definition) is 1. The monoisotopic (exact) mass is 876 g/mol. The minimum absolute atomic E-state index is 0.206. The Balaban J connectivity index is 1.89. The summed E-state index contributed by atoms with van der Waals surface area (Å²) in [5.74, 6) is 0. The first kappa shape index (κ1) is 44.6. The van der Waals surface area contributed by atoms with Gasteiger partial charge in [-0.3, -0.25) is 0 Å². The summed E-state index contributed by atoms with van der Waals surface area (Å²) in [6.07, 6.45) is 2.50. The third kappa shape index (κ3) is 8.05. The Hall–Kier alpha value is -1.90. The molecular weight excluding hydrogens is 801 g/mol. The van der Waals surface area contributed by atoms with Crippen molar-refractivity contribution in [2.75, 3.05) is 0 Å². The maximum absolute atomic E-state index is 8.43. The predicted octanol–water partition coefficient (Wildman–Crippen LogP) is 14.2. The van der Waals surface area contributed by atoms with Crippen LogP contribution in [0.2, 0.25) is 118 Å². The van der Waals surface area contributed by atoms with Crippen molar-refractivity contribution in [2.24, 2.45) is 0 Å².